The van der Waals surface area contributed by atoms with E-state index in [4.69, 9.17) is 4.98 Å². The van der Waals surface area contributed by atoms with Crippen molar-refractivity contribution in [3.8, 4) is 0 Å². The third-order valence-electron chi connectivity index (χ3n) is 4.03. The summed E-state index contributed by atoms with van der Waals surface area (Å²) in [6.07, 6.45) is 4.04. The zero-order valence-corrected chi connectivity index (χ0v) is 14.0. The maximum absolute atomic E-state index is 4.78. The number of imidazole rings is 1. The van der Waals surface area contributed by atoms with Crippen molar-refractivity contribution in [1.29, 1.82) is 0 Å². The molecule has 4 aromatic rings. The van der Waals surface area contributed by atoms with Gasteiger partial charge in [-0.05, 0) is 30.2 Å². The fourth-order valence-corrected chi connectivity index (χ4v) is 3.77. The molecule has 0 saturated carbocycles. The maximum Gasteiger partial charge on any atom is 0.188 e. The van der Waals surface area contributed by atoms with Crippen LogP contribution in [0.2, 0.25) is 0 Å². The molecule has 0 fully saturated rings. The largest absolute Gasteiger partial charge is 0.334 e. The average molecular weight is 322 g/mol. The van der Waals surface area contributed by atoms with Crippen molar-refractivity contribution < 1.29 is 0 Å². The Morgan fingerprint density at radius 2 is 2.00 bits per heavy atom. The molecule has 0 saturated heterocycles. The molecule has 0 unspecified atom stereocenters. The summed E-state index contributed by atoms with van der Waals surface area (Å²) in [5.41, 5.74) is 5.53. The van der Waals surface area contributed by atoms with E-state index in [1.54, 1.807) is 11.3 Å². The van der Waals surface area contributed by atoms with Crippen molar-refractivity contribution in [1.82, 2.24) is 14.5 Å². The molecule has 23 heavy (non-hydrogen) atoms. The highest BCUT2D eigenvalue weighted by Crippen LogP contribution is 2.33. The smallest absolute Gasteiger partial charge is 0.188 e. The molecule has 0 radical (unpaired) electrons. The summed E-state index contributed by atoms with van der Waals surface area (Å²) in [6.45, 7) is 2.20. The van der Waals surface area contributed by atoms with E-state index < -0.39 is 0 Å². The number of thiazole rings is 1. The van der Waals surface area contributed by atoms with E-state index in [1.165, 1.54) is 5.56 Å². The number of rotatable bonds is 4. The lowest BCUT2D eigenvalue weighted by Gasteiger charge is -2.08. The minimum Gasteiger partial charge on any atom is -0.334 e. The highest BCUT2D eigenvalue weighted by Gasteiger charge is 2.11. The van der Waals surface area contributed by atoms with Crippen LogP contribution in [0.3, 0.4) is 0 Å². The molecule has 116 valence electrons. The van der Waals surface area contributed by atoms with E-state index in [0.29, 0.717) is 0 Å². The van der Waals surface area contributed by atoms with Crippen molar-refractivity contribution in [2.24, 2.45) is 7.05 Å². The Morgan fingerprint density at radius 1 is 1.13 bits per heavy atom. The van der Waals surface area contributed by atoms with Crippen LogP contribution < -0.4 is 5.32 Å². The summed E-state index contributed by atoms with van der Waals surface area (Å²) in [5.74, 6) is 0. The fraction of sp³-hybridized carbons (Fsp3) is 0.222. The molecular formula is C18H18N4S. The molecule has 5 heteroatoms. The Hall–Kier alpha value is -2.40. The molecule has 4 nitrogen and oxygen atoms in total. The third-order valence-corrected chi connectivity index (χ3v) is 4.97. The van der Waals surface area contributed by atoms with Gasteiger partial charge in [0.15, 0.2) is 5.13 Å². The van der Waals surface area contributed by atoms with Crippen LogP contribution in [-0.4, -0.2) is 14.5 Å². The van der Waals surface area contributed by atoms with Crippen LogP contribution in [0.15, 0.2) is 42.7 Å². The van der Waals surface area contributed by atoms with Crippen molar-refractivity contribution in [2.45, 2.75) is 19.8 Å². The van der Waals surface area contributed by atoms with Crippen molar-refractivity contribution >= 4 is 43.4 Å². The van der Waals surface area contributed by atoms with Crippen LogP contribution in [0.25, 0.3) is 21.3 Å². The zero-order valence-electron chi connectivity index (χ0n) is 13.2. The van der Waals surface area contributed by atoms with E-state index in [0.717, 1.165) is 44.9 Å². The number of hydrogen-bond acceptors (Lipinski definition) is 4. The number of aromatic nitrogens is 3. The number of hydrogen-bond donors (Lipinski definition) is 1. The van der Waals surface area contributed by atoms with Gasteiger partial charge in [-0.1, -0.05) is 42.9 Å². The number of fused-ring (bicyclic) bond motifs is 3. The number of anilines is 2. The summed E-state index contributed by atoms with van der Waals surface area (Å²) in [6, 6.07) is 12.7. The molecule has 4 rings (SSSR count). The highest BCUT2D eigenvalue weighted by atomic mass is 32.1. The van der Waals surface area contributed by atoms with Crippen LogP contribution in [0.4, 0.5) is 10.8 Å². The first-order chi connectivity index (χ1) is 11.3. The van der Waals surface area contributed by atoms with Crippen LogP contribution in [-0.2, 0) is 13.5 Å². The second kappa shape index (κ2) is 5.66. The van der Waals surface area contributed by atoms with Gasteiger partial charge in [-0.25, -0.2) is 9.97 Å². The normalized spacial score (nSPS) is 11.4. The predicted molar refractivity (Wildman–Crippen MR) is 97.6 cm³/mol. The minimum atomic E-state index is 0.918. The standard InChI is InChI=1S/C18H18N4S/c1-3-6-12-7-4-5-8-13(12)20-18-21-17-15(23-18)10-9-14-16(17)19-11-22(14)2/h4-5,7-11H,3,6H2,1-2H3,(H,20,21). The van der Waals surface area contributed by atoms with E-state index in [9.17, 15) is 0 Å². The second-order valence-electron chi connectivity index (χ2n) is 5.69. The lowest BCUT2D eigenvalue weighted by molar-refractivity contribution is 0.923. The SMILES string of the molecule is CCCc1ccccc1Nc1nc2c(ccc3c2ncn3C)s1. The van der Waals surface area contributed by atoms with E-state index in [2.05, 4.69) is 53.6 Å². The van der Waals surface area contributed by atoms with Crippen molar-refractivity contribution in [3.63, 3.8) is 0 Å². The maximum atomic E-state index is 4.78. The van der Waals surface area contributed by atoms with E-state index >= 15 is 0 Å². The Labute approximate surface area is 138 Å². The monoisotopic (exact) mass is 322 g/mol. The molecule has 0 aliphatic heterocycles. The Bertz CT molecular complexity index is 983. The molecular weight excluding hydrogens is 304 g/mol. The molecule has 0 bridgehead atoms. The van der Waals surface area contributed by atoms with Gasteiger partial charge < -0.3 is 9.88 Å². The number of nitrogens with one attached hydrogen (secondary N) is 1. The summed E-state index contributed by atoms with van der Waals surface area (Å²) in [5, 5.41) is 4.41. The lowest BCUT2D eigenvalue weighted by Crippen LogP contribution is -1.95. The number of aryl methyl sites for hydroxylation is 2. The van der Waals surface area contributed by atoms with Crippen LogP contribution in [0.5, 0.6) is 0 Å². The van der Waals surface area contributed by atoms with E-state index in [-0.39, 0.29) is 0 Å². The topological polar surface area (TPSA) is 42.7 Å². The lowest BCUT2D eigenvalue weighted by atomic mass is 10.1. The van der Waals surface area contributed by atoms with Gasteiger partial charge in [0.05, 0.1) is 16.5 Å². The van der Waals surface area contributed by atoms with Gasteiger partial charge in [-0.3, -0.25) is 0 Å². The van der Waals surface area contributed by atoms with Gasteiger partial charge in [-0.15, -0.1) is 0 Å². The molecule has 0 aliphatic rings. The second-order valence-corrected chi connectivity index (χ2v) is 6.72. The van der Waals surface area contributed by atoms with Crippen LogP contribution in [0.1, 0.15) is 18.9 Å². The van der Waals surface area contributed by atoms with Gasteiger partial charge in [0, 0.05) is 12.7 Å². The molecule has 0 amide bonds. The Morgan fingerprint density at radius 3 is 2.87 bits per heavy atom. The number of benzene rings is 2. The summed E-state index contributed by atoms with van der Waals surface area (Å²) >= 11 is 1.67. The summed E-state index contributed by atoms with van der Waals surface area (Å²) in [4.78, 5) is 9.28. The molecule has 0 aliphatic carbocycles. The van der Waals surface area contributed by atoms with Gasteiger partial charge in [0.1, 0.15) is 11.0 Å². The molecule has 2 heterocycles. The van der Waals surface area contributed by atoms with Gasteiger partial charge in [0.25, 0.3) is 0 Å². The molecule has 2 aromatic carbocycles. The van der Waals surface area contributed by atoms with Crippen LogP contribution >= 0.6 is 11.3 Å². The predicted octanol–water partition coefficient (Wildman–Crippen LogP) is 4.88. The molecule has 0 atom stereocenters. The van der Waals surface area contributed by atoms with Gasteiger partial charge in [-0.2, -0.15) is 0 Å². The first-order valence-electron chi connectivity index (χ1n) is 7.81. The Balaban J connectivity index is 1.77. The Kier molecular flexibility index (Phi) is 3.50. The number of para-hydroxylation sites is 1. The molecule has 2 aromatic heterocycles. The van der Waals surface area contributed by atoms with E-state index in [1.807, 2.05) is 17.9 Å². The van der Waals surface area contributed by atoms with Crippen molar-refractivity contribution in [3.05, 3.63) is 48.3 Å². The minimum absolute atomic E-state index is 0.918. The fourth-order valence-electron chi connectivity index (χ4n) is 2.89. The van der Waals surface area contributed by atoms with Crippen LogP contribution in [0, 0.1) is 0 Å². The quantitative estimate of drug-likeness (QED) is 0.582. The highest BCUT2D eigenvalue weighted by molar-refractivity contribution is 7.22. The van der Waals surface area contributed by atoms with Gasteiger partial charge in [0.2, 0.25) is 0 Å². The zero-order chi connectivity index (χ0) is 15.8. The summed E-state index contributed by atoms with van der Waals surface area (Å²) in [7, 11) is 2.01. The third kappa shape index (κ3) is 2.47. The first kappa shape index (κ1) is 14.2. The van der Waals surface area contributed by atoms with Crippen molar-refractivity contribution in [2.75, 3.05) is 5.32 Å². The average Bonchev–Trinajstić information content (AvgIpc) is 3.13. The summed E-state index contributed by atoms with van der Waals surface area (Å²) < 4.78 is 3.18. The number of nitrogens with zero attached hydrogens (tertiary/aromatic N) is 3. The van der Waals surface area contributed by atoms with Gasteiger partial charge >= 0.3 is 0 Å². The molecule has 1 N–H and O–H groups in total. The molecule has 0 spiro atoms. The first-order valence-corrected chi connectivity index (χ1v) is 8.63.